The van der Waals surface area contributed by atoms with E-state index in [1.165, 1.54) is 25.9 Å². The first-order chi connectivity index (χ1) is 6.60. The highest BCUT2D eigenvalue weighted by Gasteiger charge is 2.07. The van der Waals surface area contributed by atoms with Gasteiger partial charge in [-0.25, -0.2) is 0 Å². The lowest BCUT2D eigenvalue weighted by molar-refractivity contribution is 0.258. The summed E-state index contributed by atoms with van der Waals surface area (Å²) in [6.07, 6.45) is 2.43. The molecule has 1 unspecified atom stereocenters. The molecule has 0 aromatic heterocycles. The van der Waals surface area contributed by atoms with Gasteiger partial charge in [-0.05, 0) is 53.1 Å². The zero-order valence-corrected chi connectivity index (χ0v) is 10.3. The second kappa shape index (κ2) is 8.21. The van der Waals surface area contributed by atoms with Gasteiger partial charge in [0, 0.05) is 6.54 Å². The summed E-state index contributed by atoms with van der Waals surface area (Å²) < 4.78 is 0. The first-order valence-electron chi connectivity index (χ1n) is 5.63. The van der Waals surface area contributed by atoms with Crippen LogP contribution in [0.5, 0.6) is 0 Å². The standard InChI is InChI=1S/C11H27N3/c1-5-11(9-12)10-14(4)8-6-7-13(2)3/h11H,5-10,12H2,1-4H3. The number of nitrogens with zero attached hydrogens (tertiary/aromatic N) is 2. The third-order valence-electron chi connectivity index (χ3n) is 2.63. The van der Waals surface area contributed by atoms with Crippen LogP contribution in [0.15, 0.2) is 0 Å². The average Bonchev–Trinajstić information content (AvgIpc) is 2.13. The Morgan fingerprint density at radius 2 is 1.79 bits per heavy atom. The molecule has 0 amide bonds. The number of rotatable bonds is 8. The predicted octanol–water partition coefficient (Wildman–Crippen LogP) is 0.855. The lowest BCUT2D eigenvalue weighted by atomic mass is 10.1. The smallest absolute Gasteiger partial charge is 0.00186 e. The van der Waals surface area contributed by atoms with E-state index in [1.807, 2.05) is 0 Å². The molecule has 0 aromatic carbocycles. The van der Waals surface area contributed by atoms with Crippen molar-refractivity contribution in [1.82, 2.24) is 9.80 Å². The molecule has 0 saturated carbocycles. The van der Waals surface area contributed by atoms with E-state index in [4.69, 9.17) is 5.73 Å². The van der Waals surface area contributed by atoms with Crippen LogP contribution >= 0.6 is 0 Å². The third kappa shape index (κ3) is 7.30. The van der Waals surface area contributed by atoms with Crippen molar-refractivity contribution in [2.24, 2.45) is 11.7 Å². The van der Waals surface area contributed by atoms with Crippen LogP contribution in [0, 0.1) is 5.92 Å². The third-order valence-corrected chi connectivity index (χ3v) is 2.63. The van der Waals surface area contributed by atoms with Crippen molar-refractivity contribution in [2.45, 2.75) is 19.8 Å². The molecule has 1 atom stereocenters. The Kier molecular flexibility index (Phi) is 8.14. The van der Waals surface area contributed by atoms with Gasteiger partial charge in [-0.15, -0.1) is 0 Å². The fourth-order valence-corrected chi connectivity index (χ4v) is 1.56. The van der Waals surface area contributed by atoms with Crippen molar-refractivity contribution in [2.75, 3.05) is 47.3 Å². The minimum Gasteiger partial charge on any atom is -0.330 e. The van der Waals surface area contributed by atoms with E-state index < -0.39 is 0 Å². The van der Waals surface area contributed by atoms with Crippen molar-refractivity contribution in [3.05, 3.63) is 0 Å². The molecule has 14 heavy (non-hydrogen) atoms. The van der Waals surface area contributed by atoms with Crippen molar-refractivity contribution >= 4 is 0 Å². The van der Waals surface area contributed by atoms with Gasteiger partial charge in [0.15, 0.2) is 0 Å². The molecule has 3 heteroatoms. The topological polar surface area (TPSA) is 32.5 Å². The van der Waals surface area contributed by atoms with E-state index in [-0.39, 0.29) is 0 Å². The fraction of sp³-hybridized carbons (Fsp3) is 1.00. The van der Waals surface area contributed by atoms with Gasteiger partial charge in [0.05, 0.1) is 0 Å². The Balaban J connectivity index is 3.48. The van der Waals surface area contributed by atoms with E-state index in [2.05, 4.69) is 37.9 Å². The quantitative estimate of drug-likeness (QED) is 0.632. The highest BCUT2D eigenvalue weighted by molar-refractivity contribution is 4.63. The summed E-state index contributed by atoms with van der Waals surface area (Å²) in [4.78, 5) is 4.62. The Labute approximate surface area is 89.2 Å². The van der Waals surface area contributed by atoms with Gasteiger partial charge in [-0.1, -0.05) is 13.3 Å². The van der Waals surface area contributed by atoms with Gasteiger partial charge in [-0.3, -0.25) is 0 Å². The van der Waals surface area contributed by atoms with Crippen molar-refractivity contribution < 1.29 is 0 Å². The van der Waals surface area contributed by atoms with Crippen LogP contribution in [-0.4, -0.2) is 57.1 Å². The van der Waals surface area contributed by atoms with Crippen LogP contribution in [0.4, 0.5) is 0 Å². The molecule has 0 radical (unpaired) electrons. The summed E-state index contributed by atoms with van der Waals surface area (Å²) in [7, 11) is 6.43. The van der Waals surface area contributed by atoms with Gasteiger partial charge >= 0.3 is 0 Å². The van der Waals surface area contributed by atoms with Crippen LogP contribution < -0.4 is 5.73 Å². The molecule has 0 aliphatic rings. The van der Waals surface area contributed by atoms with Crippen LogP contribution in [0.3, 0.4) is 0 Å². The lowest BCUT2D eigenvalue weighted by Crippen LogP contribution is -2.31. The molecule has 0 bridgehead atoms. The molecule has 0 fully saturated rings. The van der Waals surface area contributed by atoms with Crippen LogP contribution in [-0.2, 0) is 0 Å². The van der Waals surface area contributed by atoms with Crippen molar-refractivity contribution in [3.8, 4) is 0 Å². The maximum Gasteiger partial charge on any atom is 0.00186 e. The minimum atomic E-state index is 0.666. The Hall–Kier alpha value is -0.120. The molecule has 86 valence electrons. The zero-order chi connectivity index (χ0) is 11.0. The fourth-order valence-electron chi connectivity index (χ4n) is 1.56. The summed E-state index contributed by atoms with van der Waals surface area (Å²) in [6.45, 7) is 6.51. The number of nitrogens with two attached hydrogens (primary N) is 1. The largest absolute Gasteiger partial charge is 0.330 e. The number of hydrogen-bond acceptors (Lipinski definition) is 3. The van der Waals surface area contributed by atoms with Gasteiger partial charge in [0.2, 0.25) is 0 Å². The summed E-state index contributed by atoms with van der Waals surface area (Å²) in [5, 5.41) is 0. The summed E-state index contributed by atoms with van der Waals surface area (Å²) in [5.41, 5.74) is 5.67. The van der Waals surface area contributed by atoms with Crippen molar-refractivity contribution in [3.63, 3.8) is 0 Å². The van der Waals surface area contributed by atoms with Crippen LogP contribution in [0.1, 0.15) is 19.8 Å². The minimum absolute atomic E-state index is 0.666. The predicted molar refractivity (Wildman–Crippen MR) is 63.5 cm³/mol. The second-order valence-electron chi connectivity index (χ2n) is 4.43. The molecule has 0 aliphatic heterocycles. The molecule has 3 nitrogen and oxygen atoms in total. The lowest BCUT2D eigenvalue weighted by Gasteiger charge is -2.22. The van der Waals surface area contributed by atoms with Gasteiger partial charge in [0.25, 0.3) is 0 Å². The summed E-state index contributed by atoms with van der Waals surface area (Å²) in [5.74, 6) is 0.666. The molecular weight excluding hydrogens is 174 g/mol. The maximum absolute atomic E-state index is 5.67. The van der Waals surface area contributed by atoms with Gasteiger partial charge in [0.1, 0.15) is 0 Å². The first kappa shape index (κ1) is 13.9. The van der Waals surface area contributed by atoms with E-state index in [0.717, 1.165) is 13.1 Å². The van der Waals surface area contributed by atoms with Gasteiger partial charge < -0.3 is 15.5 Å². The zero-order valence-electron chi connectivity index (χ0n) is 10.3. The van der Waals surface area contributed by atoms with E-state index in [0.29, 0.717) is 5.92 Å². The van der Waals surface area contributed by atoms with Gasteiger partial charge in [-0.2, -0.15) is 0 Å². The number of hydrogen-bond donors (Lipinski definition) is 1. The monoisotopic (exact) mass is 201 g/mol. The van der Waals surface area contributed by atoms with E-state index in [9.17, 15) is 0 Å². The normalized spacial score (nSPS) is 13.9. The molecular formula is C11H27N3. The first-order valence-corrected chi connectivity index (χ1v) is 5.63. The highest BCUT2D eigenvalue weighted by atomic mass is 15.1. The average molecular weight is 201 g/mol. The molecule has 0 spiro atoms. The highest BCUT2D eigenvalue weighted by Crippen LogP contribution is 2.02. The van der Waals surface area contributed by atoms with E-state index >= 15 is 0 Å². The summed E-state index contributed by atoms with van der Waals surface area (Å²) in [6, 6.07) is 0. The molecule has 0 aliphatic carbocycles. The SMILES string of the molecule is CCC(CN)CN(C)CCCN(C)C. The van der Waals surface area contributed by atoms with E-state index in [1.54, 1.807) is 0 Å². The van der Waals surface area contributed by atoms with Crippen molar-refractivity contribution in [1.29, 1.82) is 0 Å². The second-order valence-corrected chi connectivity index (χ2v) is 4.43. The van der Waals surface area contributed by atoms with Crippen LogP contribution in [0.2, 0.25) is 0 Å². The molecule has 2 N–H and O–H groups in total. The molecule has 0 saturated heterocycles. The maximum atomic E-state index is 5.67. The molecule has 0 heterocycles. The summed E-state index contributed by atoms with van der Waals surface area (Å²) >= 11 is 0. The Morgan fingerprint density at radius 3 is 2.21 bits per heavy atom. The molecule has 0 aromatic rings. The Morgan fingerprint density at radius 1 is 1.14 bits per heavy atom. The van der Waals surface area contributed by atoms with Crippen LogP contribution in [0.25, 0.3) is 0 Å². The molecule has 0 rings (SSSR count). The Bertz CT molecular complexity index is 122.